The summed E-state index contributed by atoms with van der Waals surface area (Å²) < 4.78 is 0. The number of hydrogen-bond donors (Lipinski definition) is 2. The molecule has 0 saturated heterocycles. The van der Waals surface area contributed by atoms with Gasteiger partial charge in [0.2, 0.25) is 0 Å². The molecule has 0 bridgehead atoms. The van der Waals surface area contributed by atoms with Crippen LogP contribution < -0.4 is 5.32 Å². The van der Waals surface area contributed by atoms with Gasteiger partial charge in [0, 0.05) is 18.7 Å². The van der Waals surface area contributed by atoms with Gasteiger partial charge in [-0.3, -0.25) is 4.79 Å². The van der Waals surface area contributed by atoms with Crippen LogP contribution in [-0.2, 0) is 0 Å². The first-order chi connectivity index (χ1) is 8.85. The number of benzene rings is 1. The molecular weight excluding hydrogens is 238 g/mol. The maximum Gasteiger partial charge on any atom is 0.251 e. The number of amides is 1. The molecule has 19 heavy (non-hydrogen) atoms. The molecule has 3 heteroatoms. The highest BCUT2D eigenvalue weighted by molar-refractivity contribution is 5.94. The minimum absolute atomic E-state index is 0.0543. The van der Waals surface area contributed by atoms with Crippen molar-refractivity contribution in [3.05, 3.63) is 35.4 Å². The van der Waals surface area contributed by atoms with Gasteiger partial charge < -0.3 is 10.4 Å². The molecule has 1 rings (SSSR count). The van der Waals surface area contributed by atoms with E-state index in [1.807, 2.05) is 38.1 Å². The molecule has 0 aliphatic rings. The second-order valence-corrected chi connectivity index (χ2v) is 6.10. The Labute approximate surface area is 116 Å². The number of carbonyl (C=O) groups excluding carboxylic acids is 1. The molecule has 2 N–H and O–H groups in total. The summed E-state index contributed by atoms with van der Waals surface area (Å²) in [5, 5.41) is 11.9. The molecule has 0 heterocycles. The smallest absolute Gasteiger partial charge is 0.251 e. The molecule has 0 aliphatic carbocycles. The topological polar surface area (TPSA) is 49.3 Å². The normalized spacial score (nSPS) is 11.7. The van der Waals surface area contributed by atoms with Crippen molar-refractivity contribution in [2.45, 2.75) is 40.0 Å². The van der Waals surface area contributed by atoms with E-state index in [2.05, 4.69) is 19.2 Å². The molecule has 0 aliphatic heterocycles. The van der Waals surface area contributed by atoms with Crippen molar-refractivity contribution >= 4 is 5.91 Å². The van der Waals surface area contributed by atoms with Crippen LogP contribution in [0.4, 0.5) is 0 Å². The van der Waals surface area contributed by atoms with Crippen molar-refractivity contribution in [2.24, 2.45) is 5.41 Å². The van der Waals surface area contributed by atoms with Gasteiger partial charge in [-0.1, -0.05) is 39.8 Å². The molecule has 0 fully saturated rings. The van der Waals surface area contributed by atoms with Crippen LogP contribution in [0.15, 0.2) is 24.3 Å². The number of nitrogens with one attached hydrogen (secondary N) is 1. The zero-order chi connectivity index (χ0) is 14.5. The minimum atomic E-state index is -0.0811. The largest absolute Gasteiger partial charge is 0.396 e. The lowest BCUT2D eigenvalue weighted by Crippen LogP contribution is -2.34. The van der Waals surface area contributed by atoms with E-state index in [0.29, 0.717) is 24.4 Å². The van der Waals surface area contributed by atoms with Crippen molar-refractivity contribution in [3.63, 3.8) is 0 Å². The first-order valence-electron chi connectivity index (χ1n) is 6.85. The molecule has 0 saturated carbocycles. The van der Waals surface area contributed by atoms with Gasteiger partial charge in [-0.15, -0.1) is 0 Å². The van der Waals surface area contributed by atoms with Crippen LogP contribution >= 0.6 is 0 Å². The number of carbonyl (C=O) groups is 1. The molecule has 0 spiro atoms. The summed E-state index contributed by atoms with van der Waals surface area (Å²) in [5.74, 6) is 0.418. The third-order valence-electron chi connectivity index (χ3n) is 3.36. The van der Waals surface area contributed by atoms with Gasteiger partial charge >= 0.3 is 0 Å². The number of aliphatic hydroxyl groups is 1. The molecule has 0 aromatic heterocycles. The van der Waals surface area contributed by atoms with Gasteiger partial charge in [-0.2, -0.15) is 0 Å². The lowest BCUT2D eigenvalue weighted by Gasteiger charge is -2.23. The summed E-state index contributed by atoms with van der Waals surface area (Å²) in [7, 11) is 0. The Kier molecular flexibility index (Phi) is 5.55. The standard InChI is InChI=1S/C16H25NO2/c1-12(2)13-5-7-14(8-6-13)15(19)17-11-16(3,4)9-10-18/h5-8,12,18H,9-11H2,1-4H3,(H,17,19). The minimum Gasteiger partial charge on any atom is -0.396 e. The number of rotatable bonds is 6. The highest BCUT2D eigenvalue weighted by Crippen LogP contribution is 2.18. The quantitative estimate of drug-likeness (QED) is 0.829. The van der Waals surface area contributed by atoms with Crippen molar-refractivity contribution in [1.82, 2.24) is 5.32 Å². The van der Waals surface area contributed by atoms with Crippen LogP contribution in [0.2, 0.25) is 0 Å². The lowest BCUT2D eigenvalue weighted by molar-refractivity contribution is 0.0928. The second kappa shape index (κ2) is 6.71. The zero-order valence-electron chi connectivity index (χ0n) is 12.4. The fourth-order valence-electron chi connectivity index (χ4n) is 1.83. The van der Waals surface area contributed by atoms with Gasteiger partial charge in [0.25, 0.3) is 5.91 Å². The summed E-state index contributed by atoms with van der Waals surface area (Å²) >= 11 is 0. The molecule has 1 aromatic rings. The maximum absolute atomic E-state index is 12.0. The third-order valence-corrected chi connectivity index (χ3v) is 3.36. The van der Waals surface area contributed by atoms with E-state index in [1.54, 1.807) is 0 Å². The van der Waals surface area contributed by atoms with Crippen molar-refractivity contribution in [1.29, 1.82) is 0 Å². The molecule has 3 nitrogen and oxygen atoms in total. The highest BCUT2D eigenvalue weighted by Gasteiger charge is 2.18. The molecule has 0 atom stereocenters. The Bertz CT molecular complexity index is 407. The Morgan fingerprint density at radius 3 is 2.32 bits per heavy atom. The first-order valence-corrected chi connectivity index (χ1v) is 6.85. The SMILES string of the molecule is CC(C)c1ccc(C(=O)NCC(C)(C)CCO)cc1. The van der Waals surface area contributed by atoms with Gasteiger partial charge in [0.15, 0.2) is 0 Å². The van der Waals surface area contributed by atoms with Crippen molar-refractivity contribution < 1.29 is 9.90 Å². The number of aliphatic hydroxyl groups excluding tert-OH is 1. The van der Waals surface area contributed by atoms with Gasteiger partial charge in [0.05, 0.1) is 0 Å². The van der Waals surface area contributed by atoms with Crippen LogP contribution in [0.3, 0.4) is 0 Å². The Balaban J connectivity index is 2.59. The van der Waals surface area contributed by atoms with E-state index in [9.17, 15) is 4.79 Å². The van der Waals surface area contributed by atoms with Crippen LogP contribution in [0, 0.1) is 5.41 Å². The Hall–Kier alpha value is -1.35. The average Bonchev–Trinajstić information content (AvgIpc) is 2.36. The van der Waals surface area contributed by atoms with Crippen molar-refractivity contribution in [3.8, 4) is 0 Å². The highest BCUT2D eigenvalue weighted by atomic mass is 16.3. The van der Waals surface area contributed by atoms with E-state index in [0.717, 1.165) is 0 Å². The summed E-state index contributed by atoms with van der Waals surface area (Å²) in [5.41, 5.74) is 1.84. The van der Waals surface area contributed by atoms with Crippen LogP contribution in [0.5, 0.6) is 0 Å². The van der Waals surface area contributed by atoms with E-state index >= 15 is 0 Å². The fourth-order valence-corrected chi connectivity index (χ4v) is 1.83. The van der Waals surface area contributed by atoms with Crippen LogP contribution in [0.25, 0.3) is 0 Å². The summed E-state index contributed by atoms with van der Waals surface area (Å²) in [6.07, 6.45) is 0.680. The van der Waals surface area contributed by atoms with Gasteiger partial charge in [-0.05, 0) is 35.4 Å². The maximum atomic E-state index is 12.0. The summed E-state index contributed by atoms with van der Waals surface area (Å²) in [6.45, 7) is 9.04. The molecule has 1 aromatic carbocycles. The summed E-state index contributed by atoms with van der Waals surface area (Å²) in [6, 6.07) is 7.73. The number of hydrogen-bond acceptors (Lipinski definition) is 2. The average molecular weight is 263 g/mol. The van der Waals surface area contributed by atoms with E-state index in [-0.39, 0.29) is 17.9 Å². The zero-order valence-corrected chi connectivity index (χ0v) is 12.4. The van der Waals surface area contributed by atoms with E-state index in [1.165, 1.54) is 5.56 Å². The third kappa shape index (κ3) is 5.03. The lowest BCUT2D eigenvalue weighted by atomic mass is 9.89. The monoisotopic (exact) mass is 263 g/mol. The molecule has 106 valence electrons. The molecule has 0 radical (unpaired) electrons. The van der Waals surface area contributed by atoms with Gasteiger partial charge in [0.1, 0.15) is 0 Å². The molecule has 0 unspecified atom stereocenters. The summed E-state index contributed by atoms with van der Waals surface area (Å²) in [4.78, 5) is 12.0. The van der Waals surface area contributed by atoms with Crippen molar-refractivity contribution in [2.75, 3.05) is 13.2 Å². The van der Waals surface area contributed by atoms with Crippen LogP contribution in [-0.4, -0.2) is 24.2 Å². The fraction of sp³-hybridized carbons (Fsp3) is 0.562. The Morgan fingerprint density at radius 1 is 1.26 bits per heavy atom. The molecule has 1 amide bonds. The van der Waals surface area contributed by atoms with Gasteiger partial charge in [-0.25, -0.2) is 0 Å². The molecular formula is C16H25NO2. The second-order valence-electron chi connectivity index (χ2n) is 6.10. The first kappa shape index (κ1) is 15.7. The van der Waals surface area contributed by atoms with E-state index < -0.39 is 0 Å². The Morgan fingerprint density at radius 2 is 1.84 bits per heavy atom. The predicted octanol–water partition coefficient (Wildman–Crippen LogP) is 2.95. The van der Waals surface area contributed by atoms with E-state index in [4.69, 9.17) is 5.11 Å². The predicted molar refractivity (Wildman–Crippen MR) is 78.3 cm³/mol. The van der Waals surface area contributed by atoms with Crippen LogP contribution in [0.1, 0.15) is 56.0 Å².